The predicted octanol–water partition coefficient (Wildman–Crippen LogP) is 3.43. The van der Waals surface area contributed by atoms with Crippen LogP contribution >= 0.6 is 27.5 Å². The fourth-order valence-electron chi connectivity index (χ4n) is 2.16. The first-order valence-electron chi connectivity index (χ1n) is 6.13. The molecule has 0 amide bonds. The summed E-state index contributed by atoms with van der Waals surface area (Å²) >= 11 is 9.59. The fourth-order valence-corrected chi connectivity index (χ4v) is 2.73. The molecule has 0 aliphatic heterocycles. The summed E-state index contributed by atoms with van der Waals surface area (Å²) in [5.41, 5.74) is 2.30. The molecule has 1 N–H and O–H groups in total. The zero-order chi connectivity index (χ0) is 14.9. The van der Waals surface area contributed by atoms with Crippen LogP contribution in [0.15, 0.2) is 22.7 Å². The Kier molecular flexibility index (Phi) is 4.73. The molecule has 2 rings (SSSR count). The van der Waals surface area contributed by atoms with Gasteiger partial charge in [-0.05, 0) is 19.1 Å². The summed E-state index contributed by atoms with van der Waals surface area (Å²) in [5, 5.41) is 15.3. The normalized spacial score (nSPS) is 12.5. The van der Waals surface area contributed by atoms with E-state index in [-0.39, 0.29) is 0 Å². The molecule has 0 fully saturated rings. The largest absolute Gasteiger partial charge is 0.496 e. The number of hydrogen-bond acceptors (Lipinski definition) is 3. The minimum absolute atomic E-state index is 0.383. The van der Waals surface area contributed by atoms with E-state index in [0.29, 0.717) is 17.2 Å². The van der Waals surface area contributed by atoms with Crippen molar-refractivity contribution in [1.29, 1.82) is 0 Å². The second kappa shape index (κ2) is 6.16. The quantitative estimate of drug-likeness (QED) is 0.910. The number of aliphatic hydroxyl groups excluding tert-OH is 1. The minimum Gasteiger partial charge on any atom is -0.496 e. The molecule has 0 saturated carbocycles. The van der Waals surface area contributed by atoms with Gasteiger partial charge in [-0.15, -0.1) is 0 Å². The standard InChI is InChI=1S/C14H16BrClN2O2/c1-8-14(16)11(18(2)17-8)7-12(19)10-5-4-9(15)6-13(10)20-3/h4-6,12,19H,7H2,1-3H3. The number of aliphatic hydroxyl groups is 1. The van der Waals surface area contributed by atoms with Gasteiger partial charge in [0.25, 0.3) is 0 Å². The van der Waals surface area contributed by atoms with Crippen LogP contribution in [0.5, 0.6) is 5.75 Å². The van der Waals surface area contributed by atoms with Crippen LogP contribution in [-0.2, 0) is 13.5 Å². The lowest BCUT2D eigenvalue weighted by atomic mass is 10.0. The van der Waals surface area contributed by atoms with Crippen molar-refractivity contribution >= 4 is 27.5 Å². The van der Waals surface area contributed by atoms with E-state index >= 15 is 0 Å². The van der Waals surface area contributed by atoms with E-state index < -0.39 is 6.10 Å². The monoisotopic (exact) mass is 358 g/mol. The van der Waals surface area contributed by atoms with Gasteiger partial charge in [0.2, 0.25) is 0 Å². The van der Waals surface area contributed by atoms with Gasteiger partial charge in [0, 0.05) is 23.5 Å². The number of halogens is 2. The van der Waals surface area contributed by atoms with E-state index in [4.69, 9.17) is 16.3 Å². The number of hydrogen-bond donors (Lipinski definition) is 1. The topological polar surface area (TPSA) is 47.3 Å². The summed E-state index contributed by atoms with van der Waals surface area (Å²) < 4.78 is 7.91. The third-order valence-electron chi connectivity index (χ3n) is 3.20. The van der Waals surface area contributed by atoms with Crippen LogP contribution in [0.1, 0.15) is 23.1 Å². The molecule has 6 heteroatoms. The molecule has 20 heavy (non-hydrogen) atoms. The molecule has 0 spiro atoms. The lowest BCUT2D eigenvalue weighted by Crippen LogP contribution is -2.08. The van der Waals surface area contributed by atoms with Gasteiger partial charge in [-0.1, -0.05) is 33.6 Å². The second-order valence-corrected chi connectivity index (χ2v) is 5.87. The van der Waals surface area contributed by atoms with Gasteiger partial charge in [0.15, 0.2) is 0 Å². The molecule has 0 aliphatic carbocycles. The van der Waals surface area contributed by atoms with Gasteiger partial charge in [0.05, 0.1) is 29.6 Å². The average Bonchev–Trinajstić information content (AvgIpc) is 2.65. The number of methoxy groups -OCH3 is 1. The van der Waals surface area contributed by atoms with E-state index in [1.807, 2.05) is 32.2 Å². The SMILES string of the molecule is COc1cc(Br)ccc1C(O)Cc1c(Cl)c(C)nn1C. The van der Waals surface area contributed by atoms with E-state index in [9.17, 15) is 5.11 Å². The highest BCUT2D eigenvalue weighted by molar-refractivity contribution is 9.10. The molecular weight excluding hydrogens is 344 g/mol. The highest BCUT2D eigenvalue weighted by Gasteiger charge is 2.19. The molecule has 0 radical (unpaired) electrons. The van der Waals surface area contributed by atoms with E-state index in [2.05, 4.69) is 21.0 Å². The van der Waals surface area contributed by atoms with Crippen LogP contribution in [0.4, 0.5) is 0 Å². The highest BCUT2D eigenvalue weighted by atomic mass is 79.9. The second-order valence-electron chi connectivity index (χ2n) is 4.58. The zero-order valence-electron chi connectivity index (χ0n) is 11.5. The lowest BCUT2D eigenvalue weighted by Gasteiger charge is -2.15. The van der Waals surface area contributed by atoms with E-state index in [1.165, 1.54) is 0 Å². The Morgan fingerprint density at radius 3 is 2.75 bits per heavy atom. The molecule has 2 aromatic rings. The predicted molar refractivity (Wildman–Crippen MR) is 82.3 cm³/mol. The Labute approximate surface area is 131 Å². The fraction of sp³-hybridized carbons (Fsp3) is 0.357. The first kappa shape index (κ1) is 15.4. The number of aromatic nitrogens is 2. The Morgan fingerprint density at radius 1 is 1.50 bits per heavy atom. The molecule has 0 bridgehead atoms. The maximum atomic E-state index is 10.4. The van der Waals surface area contributed by atoms with Crippen molar-refractivity contribution in [2.75, 3.05) is 7.11 Å². The third kappa shape index (κ3) is 3.00. The molecule has 1 atom stereocenters. The van der Waals surface area contributed by atoms with Gasteiger partial charge in [-0.25, -0.2) is 0 Å². The van der Waals surface area contributed by atoms with Gasteiger partial charge in [-0.2, -0.15) is 5.10 Å². The molecule has 1 heterocycles. The summed E-state index contributed by atoms with van der Waals surface area (Å²) in [5.74, 6) is 0.641. The molecule has 1 aromatic carbocycles. The smallest absolute Gasteiger partial charge is 0.125 e. The third-order valence-corrected chi connectivity index (χ3v) is 4.19. The van der Waals surface area contributed by atoms with Crippen LogP contribution in [0.2, 0.25) is 5.02 Å². The number of nitrogens with zero attached hydrogens (tertiary/aromatic N) is 2. The van der Waals surface area contributed by atoms with Crippen LogP contribution in [0.25, 0.3) is 0 Å². The van der Waals surface area contributed by atoms with Crippen LogP contribution < -0.4 is 4.74 Å². The van der Waals surface area contributed by atoms with Crippen molar-refractivity contribution in [3.8, 4) is 5.75 Å². The van der Waals surface area contributed by atoms with Crippen molar-refractivity contribution < 1.29 is 9.84 Å². The molecular formula is C14H16BrClN2O2. The van der Waals surface area contributed by atoms with Gasteiger partial charge in [0.1, 0.15) is 5.75 Å². The van der Waals surface area contributed by atoms with Crippen LogP contribution in [0, 0.1) is 6.92 Å². The number of ether oxygens (including phenoxy) is 1. The van der Waals surface area contributed by atoms with Crippen molar-refractivity contribution in [1.82, 2.24) is 9.78 Å². The summed E-state index contributed by atoms with van der Waals surface area (Å²) in [7, 11) is 3.40. The molecule has 1 aromatic heterocycles. The van der Waals surface area contributed by atoms with Crippen LogP contribution in [-0.4, -0.2) is 22.0 Å². The summed E-state index contributed by atoms with van der Waals surface area (Å²) in [6.07, 6.45) is -0.320. The summed E-state index contributed by atoms with van der Waals surface area (Å²) in [6, 6.07) is 5.54. The number of rotatable bonds is 4. The van der Waals surface area contributed by atoms with Gasteiger partial charge in [-0.3, -0.25) is 4.68 Å². The first-order valence-corrected chi connectivity index (χ1v) is 7.30. The lowest BCUT2D eigenvalue weighted by molar-refractivity contribution is 0.171. The highest BCUT2D eigenvalue weighted by Crippen LogP contribution is 2.32. The zero-order valence-corrected chi connectivity index (χ0v) is 13.9. The van der Waals surface area contributed by atoms with E-state index in [0.717, 1.165) is 21.4 Å². The molecule has 0 aliphatic rings. The molecule has 0 saturated heterocycles. The molecule has 1 unspecified atom stereocenters. The van der Waals surface area contributed by atoms with Gasteiger partial charge >= 0.3 is 0 Å². The summed E-state index contributed by atoms with van der Waals surface area (Å²) in [4.78, 5) is 0. The average molecular weight is 360 g/mol. The van der Waals surface area contributed by atoms with Gasteiger partial charge < -0.3 is 9.84 Å². The van der Waals surface area contributed by atoms with E-state index in [1.54, 1.807) is 11.8 Å². The number of aryl methyl sites for hydroxylation is 2. The van der Waals surface area contributed by atoms with Crippen molar-refractivity contribution in [2.45, 2.75) is 19.4 Å². The maximum Gasteiger partial charge on any atom is 0.125 e. The summed E-state index contributed by atoms with van der Waals surface area (Å²) in [6.45, 7) is 1.85. The van der Waals surface area contributed by atoms with Crippen molar-refractivity contribution in [3.05, 3.63) is 44.6 Å². The molecule has 108 valence electrons. The Hall–Kier alpha value is -1.04. The van der Waals surface area contributed by atoms with Crippen LogP contribution in [0.3, 0.4) is 0 Å². The minimum atomic E-state index is -0.703. The van der Waals surface area contributed by atoms with Crippen molar-refractivity contribution in [2.24, 2.45) is 7.05 Å². The Bertz CT molecular complexity index is 628. The Morgan fingerprint density at radius 2 is 2.20 bits per heavy atom. The first-order chi connectivity index (χ1) is 9.43. The van der Waals surface area contributed by atoms with Crippen molar-refractivity contribution in [3.63, 3.8) is 0 Å². The maximum absolute atomic E-state index is 10.4. The number of benzene rings is 1. The molecule has 4 nitrogen and oxygen atoms in total. The Balaban J connectivity index is 2.30.